The van der Waals surface area contributed by atoms with Crippen molar-refractivity contribution in [2.24, 2.45) is 0 Å². The molecule has 1 unspecified atom stereocenters. The van der Waals surface area contributed by atoms with Crippen LogP contribution >= 0.6 is 0 Å². The van der Waals surface area contributed by atoms with Gasteiger partial charge in [-0.25, -0.2) is 0 Å². The third kappa shape index (κ3) is 7.05. The van der Waals surface area contributed by atoms with Crippen molar-refractivity contribution in [3.8, 4) is 11.1 Å². The van der Waals surface area contributed by atoms with Crippen LogP contribution in [0.5, 0.6) is 0 Å². The zero-order valence-electron chi connectivity index (χ0n) is 18.3. The van der Waals surface area contributed by atoms with Crippen LogP contribution in [0.15, 0.2) is 48.5 Å². The molecular weight excluding hydrogens is 433 g/mol. The molecule has 2 aromatic carbocycles. The molecule has 2 amide bonds. The number of amides is 2. The average Bonchev–Trinajstić information content (AvgIpc) is 2.78. The summed E-state index contributed by atoms with van der Waals surface area (Å²) in [6, 6.07) is 10.1. The van der Waals surface area contributed by atoms with Gasteiger partial charge in [0.15, 0.2) is 0 Å². The zero-order valence-corrected chi connectivity index (χ0v) is 18.3. The Balaban J connectivity index is 1.59. The van der Waals surface area contributed by atoms with Crippen molar-refractivity contribution in [2.45, 2.75) is 63.2 Å². The second-order valence-electron chi connectivity index (χ2n) is 8.41. The first kappa shape index (κ1) is 24.8. The van der Waals surface area contributed by atoms with Crippen molar-refractivity contribution in [1.82, 2.24) is 10.6 Å². The molecule has 1 aliphatic carbocycles. The van der Waals surface area contributed by atoms with Crippen molar-refractivity contribution in [2.75, 3.05) is 6.61 Å². The summed E-state index contributed by atoms with van der Waals surface area (Å²) in [5.41, 5.74) is 0.792. The molecule has 1 aliphatic rings. The van der Waals surface area contributed by atoms with Gasteiger partial charge in [0.25, 0.3) is 5.91 Å². The van der Waals surface area contributed by atoms with Crippen LogP contribution in [0.2, 0.25) is 0 Å². The summed E-state index contributed by atoms with van der Waals surface area (Å²) in [6.07, 6.45) is 2.99. The Bertz CT molecular complexity index is 919. The molecule has 1 fully saturated rings. The third-order valence-corrected chi connectivity index (χ3v) is 5.95. The van der Waals surface area contributed by atoms with Crippen LogP contribution in [0, 0.1) is 0 Å². The lowest BCUT2D eigenvalue weighted by Crippen LogP contribution is -2.51. The van der Waals surface area contributed by atoms with Crippen LogP contribution in [0.4, 0.5) is 13.2 Å². The molecule has 0 aromatic heterocycles. The summed E-state index contributed by atoms with van der Waals surface area (Å²) in [7, 11) is 0. The smallest absolute Gasteiger partial charge is 0.394 e. The van der Waals surface area contributed by atoms with Gasteiger partial charge in [-0.15, -0.1) is 0 Å². The van der Waals surface area contributed by atoms with E-state index in [0.29, 0.717) is 11.1 Å². The molecule has 0 spiro atoms. The molecule has 5 nitrogen and oxygen atoms in total. The first-order valence-electron chi connectivity index (χ1n) is 11.3. The molecule has 0 radical (unpaired) electrons. The second kappa shape index (κ2) is 11.3. The summed E-state index contributed by atoms with van der Waals surface area (Å²) in [5.74, 6) is -0.918. The van der Waals surface area contributed by atoms with Crippen LogP contribution < -0.4 is 10.6 Å². The van der Waals surface area contributed by atoms with E-state index in [9.17, 15) is 27.9 Å². The maximum Gasteiger partial charge on any atom is 0.416 e. The van der Waals surface area contributed by atoms with Crippen LogP contribution in [0.25, 0.3) is 11.1 Å². The number of alkyl halides is 3. The van der Waals surface area contributed by atoms with E-state index in [-0.39, 0.29) is 11.6 Å². The number of hydrogen-bond acceptors (Lipinski definition) is 3. The number of carbonyl (C=O) groups excluding carboxylic acids is 2. The standard InChI is InChI=1S/C25H29F3N2O3/c26-25(27,28)20-14-12-18(13-15-20)17-8-10-19(11-9-17)23(32)30-22(16-31)24(33)29-21-6-4-2-1-3-5-7-21/h8-15,21-22,31H,1-7,16H2,(H,29,33)(H,30,32). The zero-order chi connectivity index (χ0) is 23.8. The van der Waals surface area contributed by atoms with E-state index in [1.54, 1.807) is 12.1 Å². The molecule has 0 heterocycles. The van der Waals surface area contributed by atoms with Gasteiger partial charge in [0, 0.05) is 11.6 Å². The van der Waals surface area contributed by atoms with E-state index in [4.69, 9.17) is 0 Å². The van der Waals surface area contributed by atoms with Crippen LogP contribution in [0.1, 0.15) is 60.9 Å². The normalized spacial score (nSPS) is 16.4. The van der Waals surface area contributed by atoms with Crippen molar-refractivity contribution in [3.05, 3.63) is 59.7 Å². The first-order valence-corrected chi connectivity index (χ1v) is 11.3. The van der Waals surface area contributed by atoms with Gasteiger partial charge < -0.3 is 15.7 Å². The molecule has 178 valence electrons. The lowest BCUT2D eigenvalue weighted by molar-refractivity contribution is -0.137. The number of aliphatic hydroxyl groups is 1. The minimum absolute atomic E-state index is 0.0479. The largest absolute Gasteiger partial charge is 0.416 e. The Morgan fingerprint density at radius 2 is 1.39 bits per heavy atom. The number of carbonyl (C=O) groups is 2. The minimum Gasteiger partial charge on any atom is -0.394 e. The van der Waals surface area contributed by atoms with Crippen molar-refractivity contribution >= 4 is 11.8 Å². The van der Waals surface area contributed by atoms with Crippen LogP contribution in [-0.2, 0) is 11.0 Å². The Morgan fingerprint density at radius 3 is 1.91 bits per heavy atom. The Kier molecular flexibility index (Phi) is 8.49. The van der Waals surface area contributed by atoms with Gasteiger partial charge in [-0.2, -0.15) is 13.2 Å². The molecule has 0 bridgehead atoms. The monoisotopic (exact) mass is 462 g/mol. The number of halogens is 3. The average molecular weight is 463 g/mol. The number of benzene rings is 2. The van der Waals surface area contributed by atoms with E-state index < -0.39 is 36.2 Å². The summed E-state index contributed by atoms with van der Waals surface area (Å²) >= 11 is 0. The van der Waals surface area contributed by atoms with Crippen molar-refractivity contribution < 1.29 is 27.9 Å². The van der Waals surface area contributed by atoms with Gasteiger partial charge in [0.05, 0.1) is 12.2 Å². The van der Waals surface area contributed by atoms with E-state index in [0.717, 1.165) is 50.7 Å². The fraction of sp³-hybridized carbons (Fsp3) is 0.440. The van der Waals surface area contributed by atoms with Gasteiger partial charge in [-0.05, 0) is 48.2 Å². The highest BCUT2D eigenvalue weighted by Gasteiger charge is 2.30. The fourth-order valence-corrected chi connectivity index (χ4v) is 4.00. The third-order valence-electron chi connectivity index (χ3n) is 5.95. The van der Waals surface area contributed by atoms with Crippen LogP contribution in [-0.4, -0.2) is 35.6 Å². The van der Waals surface area contributed by atoms with Gasteiger partial charge in [-0.3, -0.25) is 9.59 Å². The number of aliphatic hydroxyl groups excluding tert-OH is 1. The summed E-state index contributed by atoms with van der Waals surface area (Å²) in [6.45, 7) is -0.520. The quantitative estimate of drug-likeness (QED) is 0.583. The van der Waals surface area contributed by atoms with Crippen LogP contribution in [0.3, 0.4) is 0 Å². The molecule has 8 heteroatoms. The van der Waals surface area contributed by atoms with Gasteiger partial charge in [0.2, 0.25) is 5.91 Å². The second-order valence-corrected chi connectivity index (χ2v) is 8.41. The molecule has 33 heavy (non-hydrogen) atoms. The number of hydrogen-bond donors (Lipinski definition) is 3. The molecule has 3 N–H and O–H groups in total. The molecular formula is C25H29F3N2O3. The first-order chi connectivity index (χ1) is 15.8. The summed E-state index contributed by atoms with van der Waals surface area (Å²) in [4.78, 5) is 25.2. The lowest BCUT2D eigenvalue weighted by Gasteiger charge is -2.24. The number of rotatable bonds is 6. The van der Waals surface area contributed by atoms with Crippen molar-refractivity contribution in [1.29, 1.82) is 0 Å². The highest BCUT2D eigenvalue weighted by Crippen LogP contribution is 2.31. The minimum atomic E-state index is -4.40. The van der Waals surface area contributed by atoms with E-state index in [1.807, 2.05) is 0 Å². The van der Waals surface area contributed by atoms with E-state index >= 15 is 0 Å². The van der Waals surface area contributed by atoms with Gasteiger partial charge in [-0.1, -0.05) is 56.4 Å². The predicted octanol–water partition coefficient (Wildman–Crippen LogP) is 4.69. The SMILES string of the molecule is O=C(NC(CO)C(=O)NC1CCCCCCC1)c1ccc(-c2ccc(C(F)(F)F)cc2)cc1. The van der Waals surface area contributed by atoms with Gasteiger partial charge in [0.1, 0.15) is 6.04 Å². The Morgan fingerprint density at radius 1 is 0.879 bits per heavy atom. The molecule has 0 saturated heterocycles. The highest BCUT2D eigenvalue weighted by atomic mass is 19.4. The van der Waals surface area contributed by atoms with Crippen molar-refractivity contribution in [3.63, 3.8) is 0 Å². The highest BCUT2D eigenvalue weighted by molar-refractivity contribution is 5.98. The lowest BCUT2D eigenvalue weighted by atomic mass is 9.96. The topological polar surface area (TPSA) is 78.4 Å². The molecule has 2 aromatic rings. The summed E-state index contributed by atoms with van der Waals surface area (Å²) < 4.78 is 38.2. The Hall–Kier alpha value is -2.87. The molecule has 0 aliphatic heterocycles. The number of nitrogens with one attached hydrogen (secondary N) is 2. The summed E-state index contributed by atoms with van der Waals surface area (Å²) in [5, 5.41) is 15.1. The Labute approximate surface area is 191 Å². The van der Waals surface area contributed by atoms with E-state index in [2.05, 4.69) is 10.6 Å². The molecule has 1 saturated carbocycles. The van der Waals surface area contributed by atoms with Gasteiger partial charge >= 0.3 is 6.18 Å². The fourth-order valence-electron chi connectivity index (χ4n) is 4.00. The predicted molar refractivity (Wildman–Crippen MR) is 119 cm³/mol. The maximum atomic E-state index is 12.7. The molecule has 3 rings (SSSR count). The van der Waals surface area contributed by atoms with E-state index in [1.165, 1.54) is 30.7 Å². The molecule has 1 atom stereocenters. The maximum absolute atomic E-state index is 12.7.